The molecular weight excluding hydrogens is 199 g/mol. The minimum Gasteiger partial charge on any atom is -0.462 e. The zero-order valence-electron chi connectivity index (χ0n) is 6.51. The van der Waals surface area contributed by atoms with Gasteiger partial charge in [0.1, 0.15) is 5.75 Å². The minimum absolute atomic E-state index is 0.536. The van der Waals surface area contributed by atoms with Gasteiger partial charge in [0.25, 0.3) is 0 Å². The zero-order valence-corrected chi connectivity index (χ0v) is 8.08. The van der Waals surface area contributed by atoms with Crippen LogP contribution in [0.1, 0.15) is 0 Å². The van der Waals surface area contributed by atoms with Crippen molar-refractivity contribution in [1.29, 1.82) is 0 Å². The first-order chi connectivity index (χ1) is 5.77. The van der Waals surface area contributed by atoms with E-state index in [1.807, 2.05) is 6.26 Å². The number of ether oxygens (including phenoxy) is 1. The molecule has 0 fully saturated rings. The molecule has 4 heteroatoms. The van der Waals surface area contributed by atoms with Crippen molar-refractivity contribution in [1.82, 2.24) is 0 Å². The van der Waals surface area contributed by atoms with E-state index in [0.29, 0.717) is 10.8 Å². The van der Waals surface area contributed by atoms with Crippen LogP contribution in [0.2, 0.25) is 5.02 Å². The average Bonchev–Trinajstić information content (AvgIpc) is 2.08. The molecule has 1 aromatic rings. The highest BCUT2D eigenvalue weighted by molar-refractivity contribution is 7.98. The van der Waals surface area contributed by atoms with Gasteiger partial charge in [-0.2, -0.15) is 0 Å². The van der Waals surface area contributed by atoms with E-state index in [-0.39, 0.29) is 0 Å². The maximum absolute atomic E-state index is 11.8. The predicted molar refractivity (Wildman–Crippen MR) is 49.8 cm³/mol. The van der Waals surface area contributed by atoms with Gasteiger partial charge in [-0.3, -0.25) is 0 Å². The Morgan fingerprint density at radius 1 is 1.58 bits per heavy atom. The van der Waals surface area contributed by atoms with Crippen molar-refractivity contribution < 1.29 is 9.13 Å². The third kappa shape index (κ3) is 2.29. The summed E-state index contributed by atoms with van der Waals surface area (Å²) in [4.78, 5) is 0.847. The summed E-state index contributed by atoms with van der Waals surface area (Å²) in [5, 5.41) is 0.630. The maximum Gasteiger partial charge on any atom is 0.228 e. The van der Waals surface area contributed by atoms with Gasteiger partial charge in [-0.1, -0.05) is 11.6 Å². The van der Waals surface area contributed by atoms with Gasteiger partial charge in [-0.05, 0) is 24.5 Å². The van der Waals surface area contributed by atoms with Crippen LogP contribution in [0.15, 0.2) is 23.1 Å². The Morgan fingerprint density at radius 3 is 2.92 bits per heavy atom. The van der Waals surface area contributed by atoms with E-state index in [0.717, 1.165) is 4.90 Å². The molecule has 0 aromatic heterocycles. The van der Waals surface area contributed by atoms with Gasteiger partial charge in [0, 0.05) is 5.02 Å². The molecular formula is C8H8ClFOS. The maximum atomic E-state index is 11.8. The van der Waals surface area contributed by atoms with E-state index in [9.17, 15) is 4.39 Å². The molecule has 0 atom stereocenters. The van der Waals surface area contributed by atoms with Crippen LogP contribution in [-0.4, -0.2) is 13.1 Å². The van der Waals surface area contributed by atoms with E-state index in [2.05, 4.69) is 0 Å². The smallest absolute Gasteiger partial charge is 0.228 e. The van der Waals surface area contributed by atoms with Gasteiger partial charge in [-0.25, -0.2) is 4.39 Å². The molecule has 1 nitrogen and oxygen atoms in total. The van der Waals surface area contributed by atoms with E-state index in [1.165, 1.54) is 11.8 Å². The molecule has 0 N–H and O–H groups in total. The lowest BCUT2D eigenvalue weighted by Crippen LogP contribution is -1.91. The number of halogens is 2. The molecule has 0 spiro atoms. The fourth-order valence-corrected chi connectivity index (χ4v) is 1.63. The van der Waals surface area contributed by atoms with Crippen molar-refractivity contribution in [2.75, 3.05) is 13.1 Å². The summed E-state index contributed by atoms with van der Waals surface area (Å²) >= 11 is 7.21. The van der Waals surface area contributed by atoms with E-state index in [4.69, 9.17) is 16.3 Å². The first-order valence-electron chi connectivity index (χ1n) is 3.30. The van der Waals surface area contributed by atoms with Crippen molar-refractivity contribution >= 4 is 23.4 Å². The summed E-state index contributed by atoms with van der Waals surface area (Å²) in [6, 6.07) is 5.08. The monoisotopic (exact) mass is 206 g/mol. The lowest BCUT2D eigenvalue weighted by Gasteiger charge is -2.06. The van der Waals surface area contributed by atoms with Crippen LogP contribution < -0.4 is 4.74 Å². The van der Waals surface area contributed by atoms with Crippen molar-refractivity contribution in [2.45, 2.75) is 4.90 Å². The highest BCUT2D eigenvalue weighted by atomic mass is 35.5. The van der Waals surface area contributed by atoms with E-state index in [1.54, 1.807) is 18.2 Å². The molecule has 66 valence electrons. The molecule has 0 bridgehead atoms. The van der Waals surface area contributed by atoms with Gasteiger partial charge >= 0.3 is 0 Å². The second-order valence-corrected chi connectivity index (χ2v) is 3.33. The molecule has 0 heterocycles. The fourth-order valence-electron chi connectivity index (χ4n) is 0.819. The Kier molecular flexibility index (Phi) is 3.69. The van der Waals surface area contributed by atoms with Crippen LogP contribution in [0.5, 0.6) is 5.75 Å². The molecule has 0 unspecified atom stereocenters. The number of benzene rings is 1. The van der Waals surface area contributed by atoms with Crippen LogP contribution >= 0.6 is 23.4 Å². The molecule has 0 aliphatic carbocycles. The third-order valence-electron chi connectivity index (χ3n) is 1.34. The van der Waals surface area contributed by atoms with Gasteiger partial charge < -0.3 is 4.74 Å². The molecule has 0 aliphatic heterocycles. The molecule has 1 aromatic carbocycles. The second kappa shape index (κ2) is 4.58. The summed E-state index contributed by atoms with van der Waals surface area (Å²) < 4.78 is 16.6. The average molecular weight is 207 g/mol. The number of alkyl halides is 1. The Bertz CT molecular complexity index is 267. The summed E-state index contributed by atoms with van der Waals surface area (Å²) in [7, 11) is 0. The highest BCUT2D eigenvalue weighted by Gasteiger charge is 2.02. The van der Waals surface area contributed by atoms with E-state index >= 15 is 0 Å². The van der Waals surface area contributed by atoms with Crippen LogP contribution in [0.3, 0.4) is 0 Å². The first-order valence-corrected chi connectivity index (χ1v) is 4.90. The lowest BCUT2D eigenvalue weighted by molar-refractivity contribution is 0.187. The Labute approximate surface area is 79.9 Å². The number of thioether (sulfide) groups is 1. The minimum atomic E-state index is -0.810. The van der Waals surface area contributed by atoms with Gasteiger partial charge in [0.15, 0.2) is 0 Å². The standard InChI is InChI=1S/C8H8ClFOS/c1-12-8-4-6(9)2-3-7(8)11-5-10/h2-4H,5H2,1H3. The molecule has 0 aliphatic rings. The van der Waals surface area contributed by atoms with Crippen LogP contribution in [0.25, 0.3) is 0 Å². The van der Waals surface area contributed by atoms with Gasteiger partial charge in [0.05, 0.1) is 4.90 Å². The lowest BCUT2D eigenvalue weighted by atomic mass is 10.3. The summed E-state index contributed by atoms with van der Waals surface area (Å²) in [6.07, 6.45) is 1.89. The summed E-state index contributed by atoms with van der Waals surface area (Å²) in [5.41, 5.74) is 0. The van der Waals surface area contributed by atoms with E-state index < -0.39 is 6.86 Å². The summed E-state index contributed by atoms with van der Waals surface area (Å²) in [6.45, 7) is -0.810. The van der Waals surface area contributed by atoms with Crippen molar-refractivity contribution in [3.8, 4) is 5.75 Å². The van der Waals surface area contributed by atoms with Gasteiger partial charge in [-0.15, -0.1) is 11.8 Å². The second-order valence-electron chi connectivity index (χ2n) is 2.05. The van der Waals surface area contributed by atoms with Gasteiger partial charge in [0.2, 0.25) is 6.86 Å². The molecule has 12 heavy (non-hydrogen) atoms. The Hall–Kier alpha value is -0.410. The van der Waals surface area contributed by atoms with Crippen LogP contribution in [0.4, 0.5) is 4.39 Å². The highest BCUT2D eigenvalue weighted by Crippen LogP contribution is 2.30. The predicted octanol–water partition coefficient (Wildman–Crippen LogP) is 3.37. The number of rotatable bonds is 3. The van der Waals surface area contributed by atoms with Crippen molar-refractivity contribution in [3.63, 3.8) is 0 Å². The zero-order chi connectivity index (χ0) is 8.97. The SMILES string of the molecule is CSc1cc(Cl)ccc1OCF. The largest absolute Gasteiger partial charge is 0.462 e. The molecule has 0 amide bonds. The van der Waals surface area contributed by atoms with Crippen LogP contribution in [0, 0.1) is 0 Å². The number of hydrogen-bond acceptors (Lipinski definition) is 2. The molecule has 0 saturated carbocycles. The van der Waals surface area contributed by atoms with Crippen molar-refractivity contribution in [3.05, 3.63) is 23.2 Å². The normalized spacial score (nSPS) is 9.92. The molecule has 0 radical (unpaired) electrons. The van der Waals surface area contributed by atoms with Crippen LogP contribution in [-0.2, 0) is 0 Å². The Balaban J connectivity index is 2.94. The Morgan fingerprint density at radius 2 is 2.33 bits per heavy atom. The van der Waals surface area contributed by atoms with Crippen molar-refractivity contribution in [2.24, 2.45) is 0 Å². The molecule has 0 saturated heterocycles. The topological polar surface area (TPSA) is 9.23 Å². The molecule has 1 rings (SSSR count). The number of hydrogen-bond donors (Lipinski definition) is 0. The first kappa shape index (κ1) is 9.68. The fraction of sp³-hybridized carbons (Fsp3) is 0.250. The quantitative estimate of drug-likeness (QED) is 0.702. The third-order valence-corrected chi connectivity index (χ3v) is 2.33. The summed E-state index contributed by atoms with van der Waals surface area (Å²) in [5.74, 6) is 0.536.